The standard InChI is InChI=1S/C12H19BrN3O/c1-3-17-11-8-10(9-15-12(11)13)16(14-2)6-4-5-7-16/h8-9,14H,3-7H2,1-2H3/q+1. The maximum atomic E-state index is 5.58. The van der Waals surface area contributed by atoms with Crippen molar-refractivity contribution >= 4 is 21.6 Å². The molecule has 0 atom stereocenters. The Hall–Kier alpha value is -0.650. The number of hydrogen-bond donors (Lipinski definition) is 1. The number of halogens is 1. The summed E-state index contributed by atoms with van der Waals surface area (Å²) in [5.41, 5.74) is 4.59. The Kier molecular flexibility index (Phi) is 4.01. The molecule has 1 fully saturated rings. The lowest BCUT2D eigenvalue weighted by Crippen LogP contribution is -2.55. The summed E-state index contributed by atoms with van der Waals surface area (Å²) < 4.78 is 7.16. The lowest BCUT2D eigenvalue weighted by Gasteiger charge is -2.31. The van der Waals surface area contributed by atoms with Gasteiger partial charge in [-0.1, -0.05) is 0 Å². The van der Waals surface area contributed by atoms with Gasteiger partial charge in [0, 0.05) is 26.0 Å². The van der Waals surface area contributed by atoms with Crippen molar-refractivity contribution in [3.8, 4) is 5.75 Å². The average molecular weight is 301 g/mol. The quantitative estimate of drug-likeness (QED) is 0.685. The van der Waals surface area contributed by atoms with Gasteiger partial charge in [-0.15, -0.1) is 0 Å². The van der Waals surface area contributed by atoms with Crippen LogP contribution in [0.5, 0.6) is 5.75 Å². The predicted molar refractivity (Wildman–Crippen MR) is 72.9 cm³/mol. The van der Waals surface area contributed by atoms with Gasteiger partial charge in [0.25, 0.3) is 0 Å². The third kappa shape index (κ3) is 2.46. The summed E-state index contributed by atoms with van der Waals surface area (Å²) in [5, 5.41) is 0. The molecular weight excluding hydrogens is 282 g/mol. The fourth-order valence-electron chi connectivity index (χ4n) is 2.39. The zero-order valence-electron chi connectivity index (χ0n) is 10.4. The van der Waals surface area contributed by atoms with Crippen LogP contribution in [-0.2, 0) is 0 Å². The predicted octanol–water partition coefficient (Wildman–Crippen LogP) is 2.48. The zero-order chi connectivity index (χ0) is 12.3. The van der Waals surface area contributed by atoms with Crippen LogP contribution in [0.3, 0.4) is 0 Å². The molecule has 1 aliphatic heterocycles. The van der Waals surface area contributed by atoms with Gasteiger partial charge in [0.15, 0.2) is 11.4 Å². The van der Waals surface area contributed by atoms with Gasteiger partial charge < -0.3 is 4.74 Å². The van der Waals surface area contributed by atoms with E-state index in [0.717, 1.165) is 28.0 Å². The molecular formula is C12H19BrN3O+. The highest BCUT2D eigenvalue weighted by Gasteiger charge is 2.34. The molecule has 94 valence electrons. The Balaban J connectivity index is 2.34. The molecule has 4 nitrogen and oxygen atoms in total. The molecule has 17 heavy (non-hydrogen) atoms. The largest absolute Gasteiger partial charge is 0.491 e. The van der Waals surface area contributed by atoms with E-state index in [9.17, 15) is 0 Å². The van der Waals surface area contributed by atoms with E-state index < -0.39 is 0 Å². The Morgan fingerprint density at radius 1 is 1.47 bits per heavy atom. The van der Waals surface area contributed by atoms with Crippen LogP contribution in [0, 0.1) is 0 Å². The molecule has 0 unspecified atom stereocenters. The smallest absolute Gasteiger partial charge is 0.174 e. The molecule has 1 aromatic heterocycles. The topological polar surface area (TPSA) is 34.1 Å². The van der Waals surface area contributed by atoms with Crippen molar-refractivity contribution in [1.29, 1.82) is 0 Å². The Labute approximate surface area is 111 Å². The zero-order valence-corrected chi connectivity index (χ0v) is 12.0. The fourth-order valence-corrected chi connectivity index (χ4v) is 2.73. The van der Waals surface area contributed by atoms with Gasteiger partial charge in [0.05, 0.1) is 12.8 Å². The summed E-state index contributed by atoms with van der Waals surface area (Å²) in [7, 11) is 2.01. The Morgan fingerprint density at radius 2 is 2.18 bits per heavy atom. The second-order valence-corrected chi connectivity index (χ2v) is 5.01. The number of ether oxygens (including phenoxy) is 1. The molecule has 5 heteroatoms. The maximum absolute atomic E-state index is 5.58. The van der Waals surface area contributed by atoms with Gasteiger partial charge in [-0.3, -0.25) is 0 Å². The molecule has 0 amide bonds. The van der Waals surface area contributed by atoms with Gasteiger partial charge in [-0.25, -0.2) is 9.58 Å². The first kappa shape index (κ1) is 12.8. The van der Waals surface area contributed by atoms with E-state index in [1.54, 1.807) is 0 Å². The third-order valence-corrected chi connectivity index (χ3v) is 3.94. The van der Waals surface area contributed by atoms with Crippen LogP contribution in [-0.4, -0.2) is 31.7 Å². The van der Waals surface area contributed by atoms with E-state index in [1.165, 1.54) is 18.5 Å². The maximum Gasteiger partial charge on any atom is 0.174 e. The lowest BCUT2D eigenvalue weighted by atomic mass is 10.3. The molecule has 0 spiro atoms. The molecule has 1 aliphatic rings. The number of aromatic nitrogens is 1. The SMILES string of the molecule is CCOc1cc([N+]2(NC)CCCC2)cnc1Br. The molecule has 1 N–H and O–H groups in total. The highest BCUT2D eigenvalue weighted by Crippen LogP contribution is 2.32. The third-order valence-electron chi connectivity index (χ3n) is 3.34. The lowest BCUT2D eigenvalue weighted by molar-refractivity contribution is 0.257. The fraction of sp³-hybridized carbons (Fsp3) is 0.583. The molecule has 2 rings (SSSR count). The van der Waals surface area contributed by atoms with E-state index in [1.807, 2.05) is 20.2 Å². The molecule has 0 aliphatic carbocycles. The van der Waals surface area contributed by atoms with Crippen molar-refractivity contribution in [2.45, 2.75) is 19.8 Å². The van der Waals surface area contributed by atoms with E-state index >= 15 is 0 Å². The first-order valence-corrected chi connectivity index (χ1v) is 6.86. The van der Waals surface area contributed by atoms with Crippen LogP contribution in [0.4, 0.5) is 5.69 Å². The second kappa shape index (κ2) is 5.33. The van der Waals surface area contributed by atoms with Crippen molar-refractivity contribution in [1.82, 2.24) is 15.0 Å². The minimum absolute atomic E-state index is 0.656. The van der Waals surface area contributed by atoms with Crippen LogP contribution in [0.25, 0.3) is 0 Å². The molecule has 0 bridgehead atoms. The summed E-state index contributed by atoms with van der Waals surface area (Å²) in [6.45, 7) is 4.87. The average Bonchev–Trinajstić information content (AvgIpc) is 2.82. The first-order chi connectivity index (χ1) is 8.22. The van der Waals surface area contributed by atoms with E-state index in [4.69, 9.17) is 4.74 Å². The van der Waals surface area contributed by atoms with Crippen molar-refractivity contribution < 1.29 is 4.74 Å². The van der Waals surface area contributed by atoms with Gasteiger partial charge in [0.1, 0.15) is 17.7 Å². The summed E-state index contributed by atoms with van der Waals surface area (Å²) in [4.78, 5) is 4.37. The van der Waals surface area contributed by atoms with Crippen molar-refractivity contribution in [2.75, 3.05) is 26.7 Å². The summed E-state index contributed by atoms with van der Waals surface area (Å²) in [6.07, 6.45) is 4.43. The number of quaternary nitrogens is 1. The normalized spacial score (nSPS) is 18.3. The molecule has 0 aromatic carbocycles. The minimum atomic E-state index is 0.656. The number of pyridine rings is 1. The number of hydrogen-bond acceptors (Lipinski definition) is 3. The molecule has 2 heterocycles. The molecule has 0 saturated carbocycles. The summed E-state index contributed by atoms with van der Waals surface area (Å²) in [5.74, 6) is 0.824. The summed E-state index contributed by atoms with van der Waals surface area (Å²) >= 11 is 3.42. The van der Waals surface area contributed by atoms with Crippen molar-refractivity contribution in [2.24, 2.45) is 0 Å². The van der Waals surface area contributed by atoms with Crippen LogP contribution in [0.1, 0.15) is 19.8 Å². The minimum Gasteiger partial charge on any atom is -0.491 e. The molecule has 0 radical (unpaired) electrons. The van der Waals surface area contributed by atoms with Crippen LogP contribution >= 0.6 is 15.9 Å². The van der Waals surface area contributed by atoms with Crippen molar-refractivity contribution in [3.63, 3.8) is 0 Å². The second-order valence-electron chi connectivity index (χ2n) is 4.26. The highest BCUT2D eigenvalue weighted by atomic mass is 79.9. The van der Waals surface area contributed by atoms with E-state index in [2.05, 4.69) is 32.4 Å². The number of nitrogens with zero attached hydrogens (tertiary/aromatic N) is 2. The van der Waals surface area contributed by atoms with Crippen molar-refractivity contribution in [3.05, 3.63) is 16.9 Å². The monoisotopic (exact) mass is 300 g/mol. The van der Waals surface area contributed by atoms with Crippen LogP contribution in [0.2, 0.25) is 0 Å². The Morgan fingerprint density at radius 3 is 2.76 bits per heavy atom. The van der Waals surface area contributed by atoms with Crippen LogP contribution < -0.4 is 14.8 Å². The Bertz CT molecular complexity index is 391. The first-order valence-electron chi connectivity index (χ1n) is 6.07. The van der Waals surface area contributed by atoms with E-state index in [0.29, 0.717) is 6.61 Å². The van der Waals surface area contributed by atoms with Gasteiger partial charge in [0.2, 0.25) is 0 Å². The van der Waals surface area contributed by atoms with Gasteiger partial charge in [-0.2, -0.15) is 5.43 Å². The van der Waals surface area contributed by atoms with Gasteiger partial charge >= 0.3 is 0 Å². The van der Waals surface area contributed by atoms with Crippen LogP contribution in [0.15, 0.2) is 16.9 Å². The number of rotatable bonds is 4. The summed E-state index contributed by atoms with van der Waals surface area (Å²) in [6, 6.07) is 2.09. The van der Waals surface area contributed by atoms with E-state index in [-0.39, 0.29) is 0 Å². The molecule has 1 saturated heterocycles. The number of nitrogens with one attached hydrogen (secondary N) is 1. The molecule has 1 aromatic rings. The van der Waals surface area contributed by atoms with Gasteiger partial charge in [-0.05, 0) is 22.9 Å². The highest BCUT2D eigenvalue weighted by molar-refractivity contribution is 9.10.